The van der Waals surface area contributed by atoms with E-state index in [1.54, 1.807) is 0 Å². The summed E-state index contributed by atoms with van der Waals surface area (Å²) in [4.78, 5) is 5.17. The third-order valence-corrected chi connectivity index (χ3v) is 15.0. The van der Waals surface area contributed by atoms with Gasteiger partial charge in [-0.2, -0.15) is 0 Å². The summed E-state index contributed by atoms with van der Waals surface area (Å²) in [6, 6.07) is 78.9. The van der Waals surface area contributed by atoms with Gasteiger partial charge in [0, 0.05) is 16.2 Å². The van der Waals surface area contributed by atoms with Gasteiger partial charge >= 0.3 is 0 Å². The lowest BCUT2D eigenvalue weighted by Gasteiger charge is -2.21. The van der Waals surface area contributed by atoms with Crippen LogP contribution in [-0.2, 0) is 0 Å². The Bertz CT molecular complexity index is 3840. The largest absolute Gasteiger partial charge is 0.291 e. The first-order valence-electron chi connectivity index (χ1n) is 20.6. The van der Waals surface area contributed by atoms with Crippen LogP contribution in [-0.4, -0.2) is 9.38 Å². The first kappa shape index (κ1) is 33.6. The molecule has 0 atom stereocenters. The summed E-state index contributed by atoms with van der Waals surface area (Å²) in [6.07, 6.45) is 0. The van der Waals surface area contributed by atoms with E-state index < -0.39 is 7.92 Å². The molecule has 2 aromatic heterocycles. The Morgan fingerprint density at radius 3 is 1.57 bits per heavy atom. The van der Waals surface area contributed by atoms with Gasteiger partial charge in [-0.3, -0.25) is 4.40 Å². The van der Waals surface area contributed by atoms with Gasteiger partial charge in [0.25, 0.3) is 0 Å². The van der Waals surface area contributed by atoms with E-state index in [2.05, 4.69) is 217 Å². The molecular weight excluding hydrogens is 744 g/mol. The van der Waals surface area contributed by atoms with Crippen LogP contribution in [0.2, 0.25) is 0 Å². The monoisotopic (exact) mass is 778 g/mol. The van der Waals surface area contributed by atoms with Crippen LogP contribution < -0.4 is 15.9 Å². The van der Waals surface area contributed by atoms with Crippen LogP contribution in [0.15, 0.2) is 212 Å². The van der Waals surface area contributed by atoms with Crippen molar-refractivity contribution in [3.05, 3.63) is 212 Å². The molecule has 0 aliphatic rings. The lowest BCUT2D eigenvalue weighted by Crippen LogP contribution is -2.20. The molecule has 60 heavy (non-hydrogen) atoms. The molecule has 0 aliphatic heterocycles. The third-order valence-electron chi connectivity index (χ3n) is 12.6. The Kier molecular flexibility index (Phi) is 7.31. The fourth-order valence-electron chi connectivity index (χ4n) is 9.74. The van der Waals surface area contributed by atoms with Gasteiger partial charge in [-0.05, 0) is 131 Å². The van der Waals surface area contributed by atoms with Gasteiger partial charge in [0.2, 0.25) is 0 Å². The summed E-state index contributed by atoms with van der Waals surface area (Å²) in [6.45, 7) is 0. The second-order valence-corrected chi connectivity index (χ2v) is 18.2. The molecule has 2 heterocycles. The van der Waals surface area contributed by atoms with Crippen molar-refractivity contribution in [2.75, 3.05) is 0 Å². The molecule has 13 aromatic rings. The maximum absolute atomic E-state index is 5.17. The molecule has 0 aliphatic carbocycles. The number of rotatable bonds is 4. The highest BCUT2D eigenvalue weighted by molar-refractivity contribution is 7.79. The van der Waals surface area contributed by atoms with Gasteiger partial charge in [-0.15, -0.1) is 0 Å². The molecule has 0 saturated heterocycles. The maximum atomic E-state index is 5.17. The molecule has 11 aromatic carbocycles. The summed E-state index contributed by atoms with van der Waals surface area (Å²) in [5.41, 5.74) is 6.75. The molecule has 0 saturated carbocycles. The van der Waals surface area contributed by atoms with Crippen LogP contribution in [0.25, 0.3) is 103 Å². The van der Waals surface area contributed by atoms with Crippen molar-refractivity contribution >= 4 is 116 Å². The van der Waals surface area contributed by atoms with Gasteiger partial charge in [0.05, 0.1) is 16.6 Å². The van der Waals surface area contributed by atoms with Crippen LogP contribution in [0.1, 0.15) is 0 Å². The minimum absolute atomic E-state index is 0.806. The summed E-state index contributed by atoms with van der Waals surface area (Å²) in [7, 11) is -0.806. The highest BCUT2D eigenvalue weighted by atomic mass is 31.1. The van der Waals surface area contributed by atoms with Crippen LogP contribution in [0.5, 0.6) is 0 Å². The van der Waals surface area contributed by atoms with Gasteiger partial charge in [0.15, 0.2) is 0 Å². The Labute approximate surface area is 347 Å². The lowest BCUT2D eigenvalue weighted by molar-refractivity contribution is 1.32. The van der Waals surface area contributed by atoms with E-state index in [-0.39, 0.29) is 0 Å². The molecule has 0 amide bonds. The predicted molar refractivity (Wildman–Crippen MR) is 259 cm³/mol. The van der Waals surface area contributed by atoms with E-state index in [0.29, 0.717) is 0 Å². The van der Waals surface area contributed by atoms with Crippen LogP contribution in [0, 0.1) is 0 Å². The smallest absolute Gasteiger partial charge is 0.146 e. The molecule has 0 spiro atoms. The van der Waals surface area contributed by atoms with Gasteiger partial charge in [-0.25, -0.2) is 4.98 Å². The Hall–Kier alpha value is -7.38. The van der Waals surface area contributed by atoms with Crippen molar-refractivity contribution in [2.24, 2.45) is 0 Å². The van der Waals surface area contributed by atoms with E-state index in [4.69, 9.17) is 4.98 Å². The zero-order valence-electron chi connectivity index (χ0n) is 32.5. The fourth-order valence-corrected chi connectivity index (χ4v) is 12.1. The number of aromatic nitrogens is 2. The van der Waals surface area contributed by atoms with Crippen molar-refractivity contribution in [3.63, 3.8) is 0 Å². The minimum atomic E-state index is -0.806. The zero-order valence-corrected chi connectivity index (χ0v) is 33.4. The average molecular weight is 779 g/mol. The molecule has 3 heteroatoms. The summed E-state index contributed by atoms with van der Waals surface area (Å²) < 4.78 is 2.38. The second-order valence-electron chi connectivity index (χ2n) is 16.0. The molecule has 0 bridgehead atoms. The first-order chi connectivity index (χ1) is 29.7. The van der Waals surface area contributed by atoms with E-state index >= 15 is 0 Å². The number of benzene rings is 11. The molecule has 0 fully saturated rings. The number of imidazole rings is 1. The second kappa shape index (κ2) is 13.1. The fraction of sp³-hybridized carbons (Fsp3) is 0. The van der Waals surface area contributed by atoms with Crippen LogP contribution in [0.3, 0.4) is 0 Å². The van der Waals surface area contributed by atoms with E-state index in [9.17, 15) is 0 Å². The summed E-state index contributed by atoms with van der Waals surface area (Å²) in [5.74, 6) is 0. The van der Waals surface area contributed by atoms with E-state index in [1.165, 1.54) is 103 Å². The Balaban J connectivity index is 0.950. The molecule has 0 unspecified atom stereocenters. The maximum Gasteiger partial charge on any atom is 0.146 e. The number of nitrogens with zero attached hydrogens (tertiary/aromatic N) is 2. The lowest BCUT2D eigenvalue weighted by atomic mass is 9.95. The zero-order chi connectivity index (χ0) is 39.3. The third kappa shape index (κ3) is 5.15. The minimum Gasteiger partial charge on any atom is -0.291 e. The summed E-state index contributed by atoms with van der Waals surface area (Å²) >= 11 is 0. The molecular formula is C57H35N2P. The van der Waals surface area contributed by atoms with Crippen molar-refractivity contribution in [1.82, 2.24) is 9.38 Å². The van der Waals surface area contributed by atoms with Gasteiger partial charge < -0.3 is 0 Å². The van der Waals surface area contributed by atoms with Crippen LogP contribution >= 0.6 is 7.92 Å². The van der Waals surface area contributed by atoms with Crippen molar-refractivity contribution < 1.29 is 0 Å². The normalized spacial score (nSPS) is 12.2. The molecule has 2 nitrogen and oxygen atoms in total. The SMILES string of the molecule is c1ccc2cc(P(c3ccc4ccccc4c3)c3ccc4c(ccc5cc(-c6ccc7ccc8c9ccccc9c9nc%10ccccc%10n9c8c7c6)ccc54)c3)ccc2c1. The molecule has 278 valence electrons. The van der Waals surface area contributed by atoms with Crippen molar-refractivity contribution in [3.8, 4) is 11.1 Å². The number of para-hydroxylation sites is 2. The summed E-state index contributed by atoms with van der Waals surface area (Å²) in [5, 5.41) is 20.3. The van der Waals surface area contributed by atoms with Crippen molar-refractivity contribution in [1.29, 1.82) is 0 Å². The highest BCUT2D eigenvalue weighted by Crippen LogP contribution is 2.40. The topological polar surface area (TPSA) is 17.3 Å². The predicted octanol–water partition coefficient (Wildman–Crippen LogP) is 14.0. The highest BCUT2D eigenvalue weighted by Gasteiger charge is 2.20. The molecule has 0 radical (unpaired) electrons. The number of hydrogen-bond donors (Lipinski definition) is 0. The molecule has 0 N–H and O–H groups in total. The quantitative estimate of drug-likeness (QED) is 0.128. The average Bonchev–Trinajstić information content (AvgIpc) is 3.71. The standard InChI is InChI=1S/C57H35N2P/c1-3-11-39-32-45(25-21-36(39)9-1)60(46-26-22-37-10-2-4-12-40(37)33-46)47-27-30-49-44(34-47)20-19-43-31-41(24-28-48(43)49)42-18-17-38-23-29-51-50-13-5-6-14-52(50)57-58-54-15-7-8-16-55(54)59(57)56(51)53(38)35-42/h1-35H. The Morgan fingerprint density at radius 2 is 0.817 bits per heavy atom. The van der Waals surface area contributed by atoms with Gasteiger partial charge in [-0.1, -0.05) is 170 Å². The molecule has 13 rings (SSSR count). The van der Waals surface area contributed by atoms with Crippen molar-refractivity contribution in [2.45, 2.75) is 0 Å². The number of pyridine rings is 1. The Morgan fingerprint density at radius 1 is 0.317 bits per heavy atom. The number of fused-ring (bicyclic) bond motifs is 15. The van der Waals surface area contributed by atoms with Crippen LogP contribution in [0.4, 0.5) is 0 Å². The van der Waals surface area contributed by atoms with E-state index in [1.807, 2.05) is 0 Å². The van der Waals surface area contributed by atoms with Gasteiger partial charge in [0.1, 0.15) is 5.65 Å². The number of hydrogen-bond acceptors (Lipinski definition) is 1. The first-order valence-corrected chi connectivity index (χ1v) is 22.0. The van der Waals surface area contributed by atoms with E-state index in [0.717, 1.165) is 16.7 Å².